The van der Waals surface area contributed by atoms with Gasteiger partial charge in [0.05, 0.1) is 23.4 Å². The van der Waals surface area contributed by atoms with Gasteiger partial charge in [-0.2, -0.15) is 0 Å². The third kappa shape index (κ3) is 3.99. The lowest BCUT2D eigenvalue weighted by atomic mass is 10.1. The Kier molecular flexibility index (Phi) is 5.16. The fourth-order valence-electron chi connectivity index (χ4n) is 2.90. The Labute approximate surface area is 175 Å². The number of benzene rings is 2. The second-order valence-electron chi connectivity index (χ2n) is 6.48. The Morgan fingerprint density at radius 1 is 1.17 bits per heavy atom. The number of aryl methyl sites for hydroxylation is 1. The molecule has 30 heavy (non-hydrogen) atoms. The van der Waals surface area contributed by atoms with Crippen LogP contribution in [0, 0.1) is 12.7 Å². The molecule has 0 aliphatic carbocycles. The van der Waals surface area contributed by atoms with Gasteiger partial charge in [-0.15, -0.1) is 0 Å². The molecule has 0 atom stereocenters. The van der Waals surface area contributed by atoms with Crippen molar-refractivity contribution in [2.24, 2.45) is 0 Å². The smallest absolute Gasteiger partial charge is 0.339 e. The predicted octanol–water partition coefficient (Wildman–Crippen LogP) is 4.87. The molecule has 0 saturated heterocycles. The molecular formula is C21H15ClFN5O2. The van der Waals surface area contributed by atoms with E-state index in [-0.39, 0.29) is 17.2 Å². The summed E-state index contributed by atoms with van der Waals surface area (Å²) in [6.07, 6.45) is 4.46. The second kappa shape index (κ2) is 7.92. The molecular weight excluding hydrogens is 409 g/mol. The van der Waals surface area contributed by atoms with Gasteiger partial charge in [0.25, 0.3) is 0 Å². The summed E-state index contributed by atoms with van der Waals surface area (Å²) in [6, 6.07) is 11.2. The molecule has 0 spiro atoms. The number of halogens is 2. The van der Waals surface area contributed by atoms with Crippen molar-refractivity contribution in [2.75, 3.05) is 5.32 Å². The van der Waals surface area contributed by atoms with Gasteiger partial charge >= 0.3 is 5.97 Å². The number of nitrogens with one attached hydrogen (secondary N) is 1. The molecule has 0 bridgehead atoms. The minimum atomic E-state index is -1.16. The van der Waals surface area contributed by atoms with Gasteiger partial charge in [0, 0.05) is 28.7 Å². The van der Waals surface area contributed by atoms with Crippen LogP contribution in [0.25, 0.3) is 16.9 Å². The van der Waals surface area contributed by atoms with Crippen molar-refractivity contribution in [1.29, 1.82) is 0 Å². The first-order valence-corrected chi connectivity index (χ1v) is 9.22. The van der Waals surface area contributed by atoms with E-state index in [9.17, 15) is 14.3 Å². The quantitative estimate of drug-likeness (QED) is 0.475. The van der Waals surface area contributed by atoms with Gasteiger partial charge in [0.15, 0.2) is 0 Å². The molecule has 0 aliphatic heterocycles. The van der Waals surface area contributed by atoms with E-state index < -0.39 is 11.8 Å². The highest BCUT2D eigenvalue weighted by molar-refractivity contribution is 6.30. The Morgan fingerprint density at radius 3 is 2.57 bits per heavy atom. The zero-order valence-corrected chi connectivity index (χ0v) is 16.4. The fourth-order valence-corrected chi connectivity index (χ4v) is 3.03. The van der Waals surface area contributed by atoms with Gasteiger partial charge in [-0.05, 0) is 37.3 Å². The summed E-state index contributed by atoms with van der Waals surface area (Å²) in [6.45, 7) is 1.82. The molecule has 2 heterocycles. The maximum absolute atomic E-state index is 14.6. The summed E-state index contributed by atoms with van der Waals surface area (Å²) in [5.41, 5.74) is 2.28. The van der Waals surface area contributed by atoms with Crippen LogP contribution in [-0.2, 0) is 0 Å². The van der Waals surface area contributed by atoms with E-state index in [1.807, 2.05) is 6.92 Å². The molecule has 0 aliphatic rings. The Balaban J connectivity index is 1.66. The highest BCUT2D eigenvalue weighted by Crippen LogP contribution is 2.26. The molecule has 0 unspecified atom stereocenters. The first-order chi connectivity index (χ1) is 14.4. The van der Waals surface area contributed by atoms with Crippen LogP contribution in [0.1, 0.15) is 16.1 Å². The van der Waals surface area contributed by atoms with Crippen molar-refractivity contribution in [3.8, 4) is 16.9 Å². The van der Waals surface area contributed by atoms with Crippen molar-refractivity contribution in [3.63, 3.8) is 0 Å². The minimum absolute atomic E-state index is 0.0557. The van der Waals surface area contributed by atoms with Crippen LogP contribution < -0.4 is 5.32 Å². The molecule has 0 fully saturated rings. The van der Waals surface area contributed by atoms with Crippen LogP contribution in [-0.4, -0.2) is 30.6 Å². The van der Waals surface area contributed by atoms with Crippen molar-refractivity contribution >= 4 is 29.2 Å². The molecule has 0 amide bonds. The molecule has 2 aromatic heterocycles. The van der Waals surface area contributed by atoms with E-state index in [2.05, 4.69) is 20.3 Å². The summed E-state index contributed by atoms with van der Waals surface area (Å²) in [5, 5.41) is 12.9. The Hall–Kier alpha value is -3.78. The van der Waals surface area contributed by atoms with Gasteiger partial charge in [-0.3, -0.25) is 0 Å². The van der Waals surface area contributed by atoms with Gasteiger partial charge in [-0.25, -0.2) is 24.1 Å². The monoisotopic (exact) mass is 423 g/mol. The Morgan fingerprint density at radius 2 is 1.93 bits per heavy atom. The molecule has 7 nitrogen and oxygen atoms in total. The number of carbonyl (C=O) groups is 1. The van der Waals surface area contributed by atoms with Crippen LogP contribution in [0.3, 0.4) is 0 Å². The third-order valence-corrected chi connectivity index (χ3v) is 4.58. The highest BCUT2D eigenvalue weighted by atomic mass is 35.5. The lowest BCUT2D eigenvalue weighted by molar-refractivity contribution is 0.0697. The zero-order chi connectivity index (χ0) is 21.3. The van der Waals surface area contributed by atoms with Crippen molar-refractivity contribution < 1.29 is 14.3 Å². The number of carboxylic acids is 1. The van der Waals surface area contributed by atoms with Gasteiger partial charge < -0.3 is 15.0 Å². The molecule has 4 aromatic rings. The number of nitrogens with zero attached hydrogens (tertiary/aromatic N) is 4. The third-order valence-electron chi connectivity index (χ3n) is 4.33. The number of anilines is 2. The van der Waals surface area contributed by atoms with E-state index in [4.69, 9.17) is 11.6 Å². The molecule has 0 saturated carbocycles. The molecule has 0 radical (unpaired) electrons. The summed E-state index contributed by atoms with van der Waals surface area (Å²) >= 11 is 5.91. The fraction of sp³-hybridized carbons (Fsp3) is 0.0476. The molecule has 2 N–H and O–H groups in total. The summed E-state index contributed by atoms with van der Waals surface area (Å²) in [7, 11) is 0. The maximum Gasteiger partial charge on any atom is 0.339 e. The van der Waals surface area contributed by atoms with Gasteiger partial charge in [0.2, 0.25) is 5.95 Å². The average molecular weight is 424 g/mol. The number of aromatic nitrogens is 4. The van der Waals surface area contributed by atoms with Crippen molar-refractivity contribution in [3.05, 3.63) is 83.3 Å². The van der Waals surface area contributed by atoms with Gasteiger partial charge in [-0.1, -0.05) is 23.7 Å². The standard InChI is InChI=1S/C21H15ClFN5O2/c1-12-10-28(11-25-12)18-7-6-15(8-17(18)23)26-21-24-9-16(20(29)30)19(27-21)13-2-4-14(22)5-3-13/h2-11H,1H3,(H,29,30)(H,24,26,27). The van der Waals surface area contributed by atoms with E-state index in [0.29, 0.717) is 22.0 Å². The predicted molar refractivity (Wildman–Crippen MR) is 111 cm³/mol. The molecule has 9 heteroatoms. The number of hydrogen-bond donors (Lipinski definition) is 2. The first kappa shape index (κ1) is 19.5. The molecule has 4 rings (SSSR count). The minimum Gasteiger partial charge on any atom is -0.478 e. The van der Waals surface area contributed by atoms with E-state index in [1.165, 1.54) is 18.6 Å². The number of carboxylic acid groups (broad SMARTS) is 1. The lowest BCUT2D eigenvalue weighted by Gasteiger charge is -2.11. The summed E-state index contributed by atoms with van der Waals surface area (Å²) in [4.78, 5) is 24.0. The van der Waals surface area contributed by atoms with E-state index in [0.717, 1.165) is 5.69 Å². The van der Waals surface area contributed by atoms with Crippen LogP contribution in [0.15, 0.2) is 61.2 Å². The van der Waals surface area contributed by atoms with Gasteiger partial charge in [0.1, 0.15) is 11.4 Å². The van der Waals surface area contributed by atoms with Crippen LogP contribution in [0.5, 0.6) is 0 Å². The topological polar surface area (TPSA) is 92.9 Å². The second-order valence-corrected chi connectivity index (χ2v) is 6.92. The van der Waals surface area contributed by atoms with E-state index in [1.54, 1.807) is 47.2 Å². The van der Waals surface area contributed by atoms with Crippen molar-refractivity contribution in [1.82, 2.24) is 19.5 Å². The Bertz CT molecular complexity index is 1240. The van der Waals surface area contributed by atoms with Crippen molar-refractivity contribution in [2.45, 2.75) is 6.92 Å². The molecule has 150 valence electrons. The zero-order valence-electron chi connectivity index (χ0n) is 15.7. The largest absolute Gasteiger partial charge is 0.478 e. The number of aromatic carboxylic acids is 1. The normalized spacial score (nSPS) is 10.8. The first-order valence-electron chi connectivity index (χ1n) is 8.84. The summed E-state index contributed by atoms with van der Waals surface area (Å²) in [5.74, 6) is -1.48. The summed E-state index contributed by atoms with van der Waals surface area (Å²) < 4.78 is 16.2. The number of rotatable bonds is 5. The average Bonchev–Trinajstić information content (AvgIpc) is 3.14. The lowest BCUT2D eigenvalue weighted by Crippen LogP contribution is -2.06. The number of imidazole rings is 1. The van der Waals surface area contributed by atoms with Crippen LogP contribution in [0.2, 0.25) is 5.02 Å². The molecule has 2 aromatic carbocycles. The maximum atomic E-state index is 14.6. The highest BCUT2D eigenvalue weighted by Gasteiger charge is 2.16. The van der Waals surface area contributed by atoms with Crippen LogP contribution >= 0.6 is 11.6 Å². The van der Waals surface area contributed by atoms with E-state index >= 15 is 0 Å². The van der Waals surface area contributed by atoms with Crippen LogP contribution in [0.4, 0.5) is 16.0 Å². The SMILES string of the molecule is Cc1cn(-c2ccc(Nc3ncc(C(=O)O)c(-c4ccc(Cl)cc4)n3)cc2F)cn1. The number of hydrogen-bond acceptors (Lipinski definition) is 5.